The van der Waals surface area contributed by atoms with E-state index in [-0.39, 0.29) is 0 Å². The fourth-order valence-electron chi connectivity index (χ4n) is 1.94. The number of thioether (sulfide) groups is 1. The van der Waals surface area contributed by atoms with Gasteiger partial charge in [-0.05, 0) is 29.7 Å². The van der Waals surface area contributed by atoms with Crippen LogP contribution in [-0.2, 0) is 0 Å². The van der Waals surface area contributed by atoms with Crippen molar-refractivity contribution < 1.29 is 0 Å². The largest absolute Gasteiger partial charge is 0.381 e. The van der Waals surface area contributed by atoms with Crippen LogP contribution in [-0.4, -0.2) is 11.8 Å². The van der Waals surface area contributed by atoms with Crippen LogP contribution >= 0.6 is 11.8 Å². The molecule has 2 nitrogen and oxygen atoms in total. The molecule has 90 valence electrons. The van der Waals surface area contributed by atoms with Crippen LogP contribution in [0, 0.1) is 16.7 Å². The van der Waals surface area contributed by atoms with Gasteiger partial charge >= 0.3 is 0 Å². The molecule has 1 unspecified atom stereocenters. The lowest BCUT2D eigenvalue weighted by Crippen LogP contribution is -2.09. The van der Waals surface area contributed by atoms with E-state index in [0.29, 0.717) is 11.5 Å². The van der Waals surface area contributed by atoms with Gasteiger partial charge in [0.15, 0.2) is 0 Å². The fourth-order valence-corrected chi connectivity index (χ4v) is 2.73. The molecule has 17 heavy (non-hydrogen) atoms. The Kier molecular flexibility index (Phi) is 3.35. The molecule has 1 aliphatic rings. The Bertz CT molecular complexity index is 460. The third-order valence-corrected chi connectivity index (χ3v) is 4.22. The molecule has 0 heterocycles. The molecule has 1 fully saturated rings. The van der Waals surface area contributed by atoms with Gasteiger partial charge < -0.3 is 5.32 Å². The fraction of sp³-hybridized carbons (Fsp3) is 0.500. The first-order chi connectivity index (χ1) is 8.08. The van der Waals surface area contributed by atoms with Crippen LogP contribution in [0.4, 0.5) is 5.69 Å². The van der Waals surface area contributed by atoms with Crippen molar-refractivity contribution in [1.82, 2.24) is 0 Å². The summed E-state index contributed by atoms with van der Waals surface area (Å²) < 4.78 is 0. The van der Waals surface area contributed by atoms with Crippen LogP contribution in [0.2, 0.25) is 0 Å². The van der Waals surface area contributed by atoms with Gasteiger partial charge in [0, 0.05) is 10.9 Å². The maximum Gasteiger partial charge on any atom is 0.102 e. The van der Waals surface area contributed by atoms with Gasteiger partial charge in [-0.1, -0.05) is 26.8 Å². The van der Waals surface area contributed by atoms with E-state index in [4.69, 9.17) is 0 Å². The quantitative estimate of drug-likeness (QED) is 0.819. The van der Waals surface area contributed by atoms with Crippen molar-refractivity contribution in [2.75, 3.05) is 11.1 Å². The van der Waals surface area contributed by atoms with Crippen LogP contribution in [0.25, 0.3) is 0 Å². The predicted molar refractivity (Wildman–Crippen MR) is 73.4 cm³/mol. The Morgan fingerprint density at radius 3 is 2.76 bits per heavy atom. The van der Waals surface area contributed by atoms with E-state index in [9.17, 15) is 5.26 Å². The highest BCUT2D eigenvalue weighted by atomic mass is 32.2. The van der Waals surface area contributed by atoms with Gasteiger partial charge in [0.25, 0.3) is 0 Å². The minimum atomic E-state index is 0.376. The van der Waals surface area contributed by atoms with Crippen LogP contribution < -0.4 is 5.32 Å². The zero-order valence-corrected chi connectivity index (χ0v) is 11.4. The Morgan fingerprint density at radius 2 is 2.24 bits per heavy atom. The molecular weight excluding hydrogens is 228 g/mol. The van der Waals surface area contributed by atoms with E-state index in [1.807, 2.05) is 18.2 Å². The average molecular weight is 246 g/mol. The number of benzene rings is 1. The second kappa shape index (κ2) is 4.62. The highest BCUT2D eigenvalue weighted by Gasteiger charge is 2.45. The number of nitrogens with zero attached hydrogens (tertiary/aromatic N) is 1. The van der Waals surface area contributed by atoms with Crippen molar-refractivity contribution in [2.24, 2.45) is 5.41 Å². The van der Waals surface area contributed by atoms with Gasteiger partial charge in [-0.3, -0.25) is 0 Å². The van der Waals surface area contributed by atoms with Gasteiger partial charge in [-0.25, -0.2) is 0 Å². The Morgan fingerprint density at radius 1 is 1.53 bits per heavy atom. The highest BCUT2D eigenvalue weighted by molar-refractivity contribution is 7.99. The second-order valence-corrected chi connectivity index (χ2v) is 6.42. The zero-order chi connectivity index (χ0) is 12.5. The maximum absolute atomic E-state index is 9.29. The molecule has 0 spiro atoms. The number of hydrogen-bond acceptors (Lipinski definition) is 3. The SMILES string of the molecule is CCSc1cccc(NC2CC2(C)C)c1C#N. The summed E-state index contributed by atoms with van der Waals surface area (Å²) in [6.45, 7) is 6.61. The topological polar surface area (TPSA) is 35.8 Å². The average Bonchev–Trinajstić information content (AvgIpc) is 2.87. The molecular formula is C14H18N2S. The minimum absolute atomic E-state index is 0.376. The molecule has 0 saturated heterocycles. The van der Waals surface area contributed by atoms with E-state index in [0.717, 1.165) is 21.9 Å². The Labute approximate surface area is 107 Å². The smallest absolute Gasteiger partial charge is 0.102 e. The summed E-state index contributed by atoms with van der Waals surface area (Å²) in [5.41, 5.74) is 2.16. The van der Waals surface area contributed by atoms with E-state index in [1.165, 1.54) is 6.42 Å². The molecule has 2 rings (SSSR count). The third kappa shape index (κ3) is 2.58. The highest BCUT2D eigenvalue weighted by Crippen LogP contribution is 2.47. The van der Waals surface area contributed by atoms with Crippen LogP contribution in [0.15, 0.2) is 23.1 Å². The Hall–Kier alpha value is -1.14. The summed E-state index contributed by atoms with van der Waals surface area (Å²) >= 11 is 1.73. The lowest BCUT2D eigenvalue weighted by atomic mass is 10.1. The summed E-state index contributed by atoms with van der Waals surface area (Å²) in [5, 5.41) is 12.8. The number of rotatable bonds is 4. The van der Waals surface area contributed by atoms with Crippen molar-refractivity contribution in [3.05, 3.63) is 23.8 Å². The van der Waals surface area contributed by atoms with Gasteiger partial charge in [0.2, 0.25) is 0 Å². The second-order valence-electron chi connectivity index (χ2n) is 5.11. The molecule has 0 radical (unpaired) electrons. The van der Waals surface area contributed by atoms with E-state index < -0.39 is 0 Å². The molecule has 0 bridgehead atoms. The van der Waals surface area contributed by atoms with E-state index >= 15 is 0 Å². The number of anilines is 1. The van der Waals surface area contributed by atoms with Gasteiger partial charge in [-0.2, -0.15) is 5.26 Å². The summed E-state index contributed by atoms with van der Waals surface area (Å²) in [6, 6.07) is 8.89. The summed E-state index contributed by atoms with van der Waals surface area (Å²) in [5.74, 6) is 0.993. The van der Waals surface area contributed by atoms with Gasteiger partial charge in [0.05, 0.1) is 11.3 Å². The van der Waals surface area contributed by atoms with Crippen molar-refractivity contribution >= 4 is 17.4 Å². The number of nitrogens with one attached hydrogen (secondary N) is 1. The van der Waals surface area contributed by atoms with Crippen molar-refractivity contribution in [3.8, 4) is 6.07 Å². The predicted octanol–water partition coefficient (Wildman–Crippen LogP) is 3.88. The zero-order valence-electron chi connectivity index (χ0n) is 10.6. The molecule has 1 aromatic carbocycles. The standard InChI is InChI=1S/C14H18N2S/c1-4-17-12-7-5-6-11(10(12)9-15)16-13-8-14(13,2)3/h5-7,13,16H,4,8H2,1-3H3. The lowest BCUT2D eigenvalue weighted by Gasteiger charge is -2.12. The van der Waals surface area contributed by atoms with Crippen molar-refractivity contribution in [2.45, 2.75) is 38.1 Å². The normalized spacial score (nSPS) is 20.7. The molecule has 1 saturated carbocycles. The van der Waals surface area contributed by atoms with E-state index in [2.05, 4.69) is 32.2 Å². The molecule has 1 aliphatic carbocycles. The molecule has 1 atom stereocenters. The summed E-state index contributed by atoms with van der Waals surface area (Å²) in [6.07, 6.45) is 1.18. The first-order valence-corrected chi connectivity index (χ1v) is 6.99. The molecule has 1 aromatic rings. The van der Waals surface area contributed by atoms with Crippen LogP contribution in [0.5, 0.6) is 0 Å². The molecule has 0 amide bonds. The maximum atomic E-state index is 9.29. The Balaban J connectivity index is 2.22. The molecule has 0 aromatic heterocycles. The van der Waals surface area contributed by atoms with Crippen molar-refractivity contribution in [3.63, 3.8) is 0 Å². The lowest BCUT2D eigenvalue weighted by molar-refractivity contribution is 0.630. The monoisotopic (exact) mass is 246 g/mol. The van der Waals surface area contributed by atoms with Crippen LogP contribution in [0.1, 0.15) is 32.8 Å². The summed E-state index contributed by atoms with van der Waals surface area (Å²) in [7, 11) is 0. The molecule has 0 aliphatic heterocycles. The minimum Gasteiger partial charge on any atom is -0.381 e. The molecule has 3 heteroatoms. The number of hydrogen-bond donors (Lipinski definition) is 1. The third-order valence-electron chi connectivity index (χ3n) is 3.28. The number of nitriles is 1. The van der Waals surface area contributed by atoms with E-state index in [1.54, 1.807) is 11.8 Å². The van der Waals surface area contributed by atoms with Gasteiger partial charge in [-0.15, -0.1) is 11.8 Å². The summed E-state index contributed by atoms with van der Waals surface area (Å²) in [4.78, 5) is 1.08. The van der Waals surface area contributed by atoms with Crippen LogP contribution in [0.3, 0.4) is 0 Å². The first-order valence-electron chi connectivity index (χ1n) is 6.01. The van der Waals surface area contributed by atoms with Crippen molar-refractivity contribution in [1.29, 1.82) is 5.26 Å². The molecule has 1 N–H and O–H groups in total. The van der Waals surface area contributed by atoms with Gasteiger partial charge in [0.1, 0.15) is 6.07 Å². The first kappa shape index (κ1) is 12.3.